The van der Waals surface area contributed by atoms with Crippen LogP contribution in [0.5, 0.6) is 0 Å². The van der Waals surface area contributed by atoms with Crippen molar-refractivity contribution in [3.05, 3.63) is 29.3 Å². The molecule has 1 atom stereocenters. The minimum absolute atomic E-state index is 0. The third-order valence-corrected chi connectivity index (χ3v) is 5.43. The quantitative estimate of drug-likeness (QED) is 0.786. The monoisotopic (exact) mass is 387 g/mol. The van der Waals surface area contributed by atoms with Gasteiger partial charge in [0.2, 0.25) is 11.8 Å². The molecule has 1 aromatic carbocycles. The van der Waals surface area contributed by atoms with E-state index < -0.39 is 11.5 Å². The number of nitrogens with one attached hydrogen (secondary N) is 1. The Kier molecular flexibility index (Phi) is 8.19. The number of amides is 2. The zero-order valence-electron chi connectivity index (χ0n) is 14.8. The molecule has 1 saturated heterocycles. The first-order valence-electron chi connectivity index (χ1n) is 8.56. The van der Waals surface area contributed by atoms with E-state index in [1.54, 1.807) is 11.0 Å². The standard InChI is InChI=1S/C18H26ClN3O2.ClH/c1-3-18(4-2,12-20)17(24)21-14-9-7-11-22(16(14)23)15-10-6-5-8-13(15)19;/h5-6,8,10,14H,3-4,7,9,11-12,20H2,1-2H3,(H,21,24);1H. The van der Waals surface area contributed by atoms with E-state index in [4.69, 9.17) is 17.3 Å². The molecule has 0 bridgehead atoms. The molecule has 25 heavy (non-hydrogen) atoms. The van der Waals surface area contributed by atoms with E-state index in [0.29, 0.717) is 36.5 Å². The van der Waals surface area contributed by atoms with Crippen molar-refractivity contribution in [1.29, 1.82) is 0 Å². The van der Waals surface area contributed by atoms with Crippen LogP contribution in [0.3, 0.4) is 0 Å². The van der Waals surface area contributed by atoms with E-state index in [1.165, 1.54) is 0 Å². The number of nitrogens with zero attached hydrogens (tertiary/aromatic N) is 1. The molecule has 2 rings (SSSR count). The lowest BCUT2D eigenvalue weighted by molar-refractivity contribution is -0.135. The molecule has 1 heterocycles. The van der Waals surface area contributed by atoms with Crippen LogP contribution >= 0.6 is 24.0 Å². The summed E-state index contributed by atoms with van der Waals surface area (Å²) in [5.41, 5.74) is 5.92. The molecule has 2 amide bonds. The van der Waals surface area contributed by atoms with Gasteiger partial charge in [0.15, 0.2) is 0 Å². The second kappa shape index (κ2) is 9.41. The highest BCUT2D eigenvalue weighted by molar-refractivity contribution is 6.33. The topological polar surface area (TPSA) is 75.4 Å². The SMILES string of the molecule is CCC(CC)(CN)C(=O)NC1CCCN(c2ccccc2Cl)C1=O.Cl. The first kappa shape index (κ1) is 21.7. The van der Waals surface area contributed by atoms with Crippen LogP contribution in [0.2, 0.25) is 5.02 Å². The molecule has 140 valence electrons. The highest BCUT2D eigenvalue weighted by Gasteiger charge is 2.38. The van der Waals surface area contributed by atoms with E-state index in [0.717, 1.165) is 6.42 Å². The Labute approximate surface area is 160 Å². The van der Waals surface area contributed by atoms with Crippen molar-refractivity contribution in [3.63, 3.8) is 0 Å². The summed E-state index contributed by atoms with van der Waals surface area (Å²) in [5, 5.41) is 3.47. The number of benzene rings is 1. The van der Waals surface area contributed by atoms with Crippen LogP contribution in [0.15, 0.2) is 24.3 Å². The molecule has 0 radical (unpaired) electrons. The first-order chi connectivity index (χ1) is 11.5. The van der Waals surface area contributed by atoms with E-state index >= 15 is 0 Å². The Morgan fingerprint density at radius 2 is 2.00 bits per heavy atom. The van der Waals surface area contributed by atoms with Gasteiger partial charge in [0.25, 0.3) is 0 Å². The van der Waals surface area contributed by atoms with Crippen LogP contribution in [-0.4, -0.2) is 30.9 Å². The number of para-hydroxylation sites is 1. The first-order valence-corrected chi connectivity index (χ1v) is 8.93. The lowest BCUT2D eigenvalue weighted by atomic mass is 9.81. The van der Waals surface area contributed by atoms with Gasteiger partial charge in [0, 0.05) is 13.1 Å². The van der Waals surface area contributed by atoms with Gasteiger partial charge in [0.05, 0.1) is 16.1 Å². The predicted molar refractivity (Wildman–Crippen MR) is 104 cm³/mol. The smallest absolute Gasteiger partial charge is 0.249 e. The number of hydrogen-bond acceptors (Lipinski definition) is 3. The van der Waals surface area contributed by atoms with Gasteiger partial charge in [-0.3, -0.25) is 9.59 Å². The van der Waals surface area contributed by atoms with Crippen molar-refractivity contribution in [1.82, 2.24) is 5.32 Å². The predicted octanol–water partition coefficient (Wildman–Crippen LogP) is 3.14. The molecular weight excluding hydrogens is 361 g/mol. The highest BCUT2D eigenvalue weighted by atomic mass is 35.5. The maximum Gasteiger partial charge on any atom is 0.249 e. The molecule has 0 aromatic heterocycles. The second-order valence-electron chi connectivity index (χ2n) is 6.30. The Balaban J connectivity index is 0.00000312. The van der Waals surface area contributed by atoms with Crippen molar-refractivity contribution < 1.29 is 9.59 Å². The fourth-order valence-corrected chi connectivity index (χ4v) is 3.42. The zero-order valence-corrected chi connectivity index (χ0v) is 16.3. The van der Waals surface area contributed by atoms with E-state index in [-0.39, 0.29) is 30.8 Å². The molecule has 7 heteroatoms. The third kappa shape index (κ3) is 4.46. The minimum atomic E-state index is -0.604. The molecule has 1 aliphatic rings. The van der Waals surface area contributed by atoms with Crippen LogP contribution < -0.4 is 16.0 Å². The van der Waals surface area contributed by atoms with Gasteiger partial charge >= 0.3 is 0 Å². The molecule has 0 saturated carbocycles. The normalized spacial score (nSPS) is 17.8. The summed E-state index contributed by atoms with van der Waals surface area (Å²) in [5.74, 6) is -0.241. The number of carbonyl (C=O) groups excluding carboxylic acids is 2. The summed E-state index contributed by atoms with van der Waals surface area (Å²) in [6, 6.07) is 6.75. The van der Waals surface area contributed by atoms with E-state index in [2.05, 4.69) is 5.32 Å². The average molecular weight is 388 g/mol. The Hall–Kier alpha value is -1.30. The van der Waals surface area contributed by atoms with Gasteiger partial charge in [-0.1, -0.05) is 37.6 Å². The zero-order chi connectivity index (χ0) is 17.7. The minimum Gasteiger partial charge on any atom is -0.344 e. The fraction of sp³-hybridized carbons (Fsp3) is 0.556. The van der Waals surface area contributed by atoms with Crippen molar-refractivity contribution in [2.24, 2.45) is 11.1 Å². The van der Waals surface area contributed by atoms with Gasteiger partial charge in [-0.15, -0.1) is 12.4 Å². The summed E-state index contributed by atoms with van der Waals surface area (Å²) >= 11 is 6.22. The number of halogens is 2. The summed E-state index contributed by atoms with van der Waals surface area (Å²) in [6.07, 6.45) is 2.76. The maximum absolute atomic E-state index is 12.8. The average Bonchev–Trinajstić information content (AvgIpc) is 2.60. The summed E-state index contributed by atoms with van der Waals surface area (Å²) in [4.78, 5) is 27.2. The van der Waals surface area contributed by atoms with Crippen LogP contribution in [-0.2, 0) is 9.59 Å². The van der Waals surface area contributed by atoms with Gasteiger partial charge in [0.1, 0.15) is 6.04 Å². The number of nitrogens with two attached hydrogens (primary N) is 1. The number of piperidine rings is 1. The van der Waals surface area contributed by atoms with Gasteiger partial charge in [-0.2, -0.15) is 0 Å². The summed E-state index contributed by atoms with van der Waals surface area (Å²) < 4.78 is 0. The molecule has 5 nitrogen and oxygen atoms in total. The fourth-order valence-electron chi connectivity index (χ4n) is 3.18. The van der Waals surface area contributed by atoms with Crippen molar-refractivity contribution in [2.45, 2.75) is 45.6 Å². The van der Waals surface area contributed by atoms with Crippen LogP contribution in [0, 0.1) is 5.41 Å². The van der Waals surface area contributed by atoms with Crippen LogP contribution in [0.4, 0.5) is 5.69 Å². The number of hydrogen-bond donors (Lipinski definition) is 2. The van der Waals surface area contributed by atoms with Crippen molar-refractivity contribution in [3.8, 4) is 0 Å². The van der Waals surface area contributed by atoms with Crippen molar-refractivity contribution in [2.75, 3.05) is 18.0 Å². The third-order valence-electron chi connectivity index (χ3n) is 5.11. The van der Waals surface area contributed by atoms with E-state index in [9.17, 15) is 9.59 Å². The lowest BCUT2D eigenvalue weighted by Crippen LogP contribution is -2.56. The molecule has 1 aromatic rings. The van der Waals surface area contributed by atoms with E-state index in [1.807, 2.05) is 32.0 Å². The number of carbonyl (C=O) groups is 2. The molecule has 1 unspecified atom stereocenters. The Morgan fingerprint density at radius 1 is 1.36 bits per heavy atom. The molecule has 1 aliphatic heterocycles. The molecule has 1 fully saturated rings. The maximum atomic E-state index is 12.8. The molecule has 3 N–H and O–H groups in total. The van der Waals surface area contributed by atoms with Gasteiger partial charge in [-0.25, -0.2) is 0 Å². The molecule has 0 spiro atoms. The highest BCUT2D eigenvalue weighted by Crippen LogP contribution is 2.30. The number of anilines is 1. The van der Waals surface area contributed by atoms with Crippen LogP contribution in [0.1, 0.15) is 39.5 Å². The summed E-state index contributed by atoms with van der Waals surface area (Å²) in [7, 11) is 0. The largest absolute Gasteiger partial charge is 0.344 e. The Morgan fingerprint density at radius 3 is 2.56 bits per heavy atom. The van der Waals surface area contributed by atoms with Crippen molar-refractivity contribution >= 4 is 41.5 Å². The molecular formula is C18H27Cl2N3O2. The van der Waals surface area contributed by atoms with Gasteiger partial charge < -0.3 is 16.0 Å². The summed E-state index contributed by atoms with van der Waals surface area (Å²) in [6.45, 7) is 4.79. The second-order valence-corrected chi connectivity index (χ2v) is 6.71. The van der Waals surface area contributed by atoms with Gasteiger partial charge in [-0.05, 0) is 37.8 Å². The molecule has 0 aliphatic carbocycles. The Bertz CT molecular complexity index is 597. The number of rotatable bonds is 6. The van der Waals surface area contributed by atoms with Crippen LogP contribution in [0.25, 0.3) is 0 Å². The lowest BCUT2D eigenvalue weighted by Gasteiger charge is -2.36.